The molecule has 0 aliphatic carbocycles. The van der Waals surface area contributed by atoms with Gasteiger partial charge >= 0.3 is 0 Å². The highest BCUT2D eigenvalue weighted by molar-refractivity contribution is 7.90. The minimum absolute atomic E-state index is 0.0439. The predicted molar refractivity (Wildman–Crippen MR) is 111 cm³/mol. The molecule has 0 unspecified atom stereocenters. The standard InChI is InChI=1S/C18H25N5O5S/c1-5-29(24,25)23-18(21-17-14(26-2)9-7-10-15(17)27-3)22-19-12-13-8-6-11-16(20-13)28-4/h6-11,19H,5,12H2,1-4H3,(H2,21,22,23). The van der Waals surface area contributed by atoms with Gasteiger partial charge in [0.1, 0.15) is 17.2 Å². The number of ether oxygens (including phenoxy) is 3. The van der Waals surface area contributed by atoms with Crippen LogP contribution in [0.2, 0.25) is 0 Å². The molecule has 0 spiro atoms. The van der Waals surface area contributed by atoms with Crippen molar-refractivity contribution in [2.24, 2.45) is 4.40 Å². The largest absolute Gasteiger partial charge is 0.494 e. The normalized spacial score (nSPS) is 11.7. The van der Waals surface area contributed by atoms with Crippen LogP contribution < -0.4 is 30.4 Å². The molecule has 0 aliphatic rings. The molecule has 29 heavy (non-hydrogen) atoms. The second-order valence-electron chi connectivity index (χ2n) is 5.62. The van der Waals surface area contributed by atoms with Crippen LogP contribution in [0.3, 0.4) is 0 Å². The van der Waals surface area contributed by atoms with Crippen LogP contribution in [0.5, 0.6) is 17.4 Å². The maximum absolute atomic E-state index is 12.0. The van der Waals surface area contributed by atoms with Gasteiger partial charge in [-0.15, -0.1) is 4.40 Å². The number of hydrogen-bond donors (Lipinski definition) is 3. The second kappa shape index (κ2) is 10.5. The molecule has 1 aromatic heterocycles. The Morgan fingerprint density at radius 3 is 2.28 bits per heavy atom. The number of rotatable bonds is 9. The molecule has 2 rings (SSSR count). The Morgan fingerprint density at radius 2 is 1.69 bits per heavy atom. The summed E-state index contributed by atoms with van der Waals surface area (Å²) >= 11 is 0. The van der Waals surface area contributed by atoms with Crippen molar-refractivity contribution in [2.45, 2.75) is 13.5 Å². The van der Waals surface area contributed by atoms with Gasteiger partial charge in [-0.05, 0) is 25.1 Å². The maximum atomic E-state index is 12.0. The number of pyridine rings is 1. The molecule has 1 heterocycles. The molecule has 0 saturated carbocycles. The smallest absolute Gasteiger partial charge is 0.256 e. The first-order chi connectivity index (χ1) is 13.9. The van der Waals surface area contributed by atoms with E-state index in [1.165, 1.54) is 28.3 Å². The fourth-order valence-corrected chi connectivity index (χ4v) is 2.76. The first-order valence-electron chi connectivity index (χ1n) is 8.71. The van der Waals surface area contributed by atoms with Gasteiger partial charge in [0.2, 0.25) is 11.8 Å². The summed E-state index contributed by atoms with van der Waals surface area (Å²) in [4.78, 5) is 4.27. The summed E-state index contributed by atoms with van der Waals surface area (Å²) in [5.41, 5.74) is 6.76. The zero-order valence-corrected chi connectivity index (χ0v) is 17.5. The van der Waals surface area contributed by atoms with E-state index in [2.05, 4.69) is 25.6 Å². The molecule has 0 aliphatic heterocycles. The van der Waals surface area contributed by atoms with E-state index in [4.69, 9.17) is 14.2 Å². The summed E-state index contributed by atoms with van der Waals surface area (Å²) in [6, 6.07) is 10.5. The molecule has 0 saturated heterocycles. The summed E-state index contributed by atoms with van der Waals surface area (Å²) in [7, 11) is 0.852. The lowest BCUT2D eigenvalue weighted by atomic mass is 10.2. The van der Waals surface area contributed by atoms with Crippen molar-refractivity contribution in [3.8, 4) is 17.4 Å². The number of anilines is 1. The van der Waals surface area contributed by atoms with Crippen molar-refractivity contribution >= 4 is 21.7 Å². The fourth-order valence-electron chi connectivity index (χ4n) is 2.26. The molecule has 10 nitrogen and oxygen atoms in total. The first-order valence-corrected chi connectivity index (χ1v) is 10.3. The van der Waals surface area contributed by atoms with E-state index in [9.17, 15) is 8.42 Å². The lowest BCUT2D eigenvalue weighted by Gasteiger charge is -2.17. The molecule has 0 atom stereocenters. The number of guanidine groups is 1. The van der Waals surface area contributed by atoms with Crippen molar-refractivity contribution in [1.82, 2.24) is 15.8 Å². The quantitative estimate of drug-likeness (QED) is 0.313. The molecule has 0 fully saturated rings. The number of nitrogens with one attached hydrogen (secondary N) is 3. The van der Waals surface area contributed by atoms with Crippen LogP contribution in [0.4, 0.5) is 5.69 Å². The molecular weight excluding hydrogens is 398 g/mol. The Bertz CT molecular complexity index is 927. The Kier molecular flexibility index (Phi) is 8.04. The van der Waals surface area contributed by atoms with Crippen molar-refractivity contribution in [1.29, 1.82) is 0 Å². The number of methoxy groups -OCH3 is 3. The first kappa shape index (κ1) is 22.2. The summed E-state index contributed by atoms with van der Waals surface area (Å²) < 4.78 is 43.6. The van der Waals surface area contributed by atoms with Crippen molar-refractivity contribution in [3.05, 3.63) is 42.1 Å². The summed E-state index contributed by atoms with van der Waals surface area (Å²) in [5.74, 6) is 1.20. The van der Waals surface area contributed by atoms with Gasteiger partial charge in [-0.1, -0.05) is 12.1 Å². The number of hydrazine groups is 1. The van der Waals surface area contributed by atoms with Gasteiger partial charge in [0.15, 0.2) is 0 Å². The van der Waals surface area contributed by atoms with Gasteiger partial charge in [-0.25, -0.2) is 18.8 Å². The lowest BCUT2D eigenvalue weighted by Crippen LogP contribution is -2.42. The van der Waals surface area contributed by atoms with E-state index in [1.807, 2.05) is 0 Å². The van der Waals surface area contributed by atoms with Gasteiger partial charge in [0, 0.05) is 6.07 Å². The third-order valence-corrected chi connectivity index (χ3v) is 4.92. The molecule has 1 aromatic carbocycles. The Morgan fingerprint density at radius 1 is 1.03 bits per heavy atom. The lowest BCUT2D eigenvalue weighted by molar-refractivity contribution is 0.395. The Labute approximate surface area is 170 Å². The number of hydrogen-bond acceptors (Lipinski definition) is 7. The molecule has 11 heteroatoms. The molecule has 0 radical (unpaired) electrons. The van der Waals surface area contributed by atoms with Crippen molar-refractivity contribution in [2.75, 3.05) is 32.4 Å². The zero-order chi connectivity index (χ0) is 21.3. The highest BCUT2D eigenvalue weighted by atomic mass is 32.2. The average Bonchev–Trinajstić information content (AvgIpc) is 2.73. The third-order valence-electron chi connectivity index (χ3n) is 3.73. The molecule has 2 aromatic rings. The number of aromatic nitrogens is 1. The monoisotopic (exact) mass is 423 g/mol. The van der Waals surface area contributed by atoms with Crippen LogP contribution >= 0.6 is 0 Å². The van der Waals surface area contributed by atoms with E-state index in [-0.39, 0.29) is 18.3 Å². The van der Waals surface area contributed by atoms with E-state index < -0.39 is 10.0 Å². The number of benzene rings is 1. The molecule has 3 N–H and O–H groups in total. The van der Waals surface area contributed by atoms with Gasteiger partial charge in [0.05, 0.1) is 39.3 Å². The van der Waals surface area contributed by atoms with Gasteiger partial charge in [-0.2, -0.15) is 0 Å². The van der Waals surface area contributed by atoms with Crippen LogP contribution in [-0.4, -0.2) is 46.4 Å². The van der Waals surface area contributed by atoms with Crippen LogP contribution in [0.15, 0.2) is 40.8 Å². The van der Waals surface area contributed by atoms with Crippen molar-refractivity contribution < 1.29 is 22.6 Å². The molecule has 0 amide bonds. The van der Waals surface area contributed by atoms with E-state index >= 15 is 0 Å². The zero-order valence-electron chi connectivity index (χ0n) is 16.7. The fraction of sp³-hybridized carbons (Fsp3) is 0.333. The van der Waals surface area contributed by atoms with Crippen LogP contribution in [0.1, 0.15) is 12.6 Å². The minimum atomic E-state index is -3.68. The number of para-hydroxylation sites is 1. The summed E-state index contributed by atoms with van der Waals surface area (Å²) in [6.07, 6.45) is 0. The van der Waals surface area contributed by atoms with E-state index in [1.54, 1.807) is 36.4 Å². The predicted octanol–water partition coefficient (Wildman–Crippen LogP) is 1.52. The second-order valence-corrected chi connectivity index (χ2v) is 7.55. The highest BCUT2D eigenvalue weighted by Crippen LogP contribution is 2.34. The average molecular weight is 423 g/mol. The van der Waals surface area contributed by atoms with Gasteiger partial charge < -0.3 is 19.5 Å². The number of sulfonamides is 1. The van der Waals surface area contributed by atoms with Gasteiger partial charge in [0.25, 0.3) is 10.0 Å². The maximum Gasteiger partial charge on any atom is 0.256 e. The molecule has 0 bridgehead atoms. The van der Waals surface area contributed by atoms with Gasteiger partial charge in [-0.3, -0.25) is 5.43 Å². The van der Waals surface area contributed by atoms with E-state index in [0.29, 0.717) is 28.8 Å². The molecule has 158 valence electrons. The van der Waals surface area contributed by atoms with E-state index in [0.717, 1.165) is 0 Å². The van der Waals surface area contributed by atoms with Crippen molar-refractivity contribution in [3.63, 3.8) is 0 Å². The van der Waals surface area contributed by atoms with Crippen LogP contribution in [0, 0.1) is 0 Å². The SMILES string of the molecule is CCS(=O)(=O)N=C(NNCc1cccc(OC)n1)Nc1c(OC)cccc1OC. The summed E-state index contributed by atoms with van der Waals surface area (Å²) in [5, 5.41) is 2.92. The number of nitrogens with zero attached hydrogens (tertiary/aromatic N) is 2. The van der Waals surface area contributed by atoms with Crippen LogP contribution in [0.25, 0.3) is 0 Å². The molecular formula is C18H25N5O5S. The van der Waals surface area contributed by atoms with Crippen LogP contribution in [-0.2, 0) is 16.6 Å². The minimum Gasteiger partial charge on any atom is -0.494 e. The highest BCUT2D eigenvalue weighted by Gasteiger charge is 2.15. The summed E-state index contributed by atoms with van der Waals surface area (Å²) in [6.45, 7) is 1.79. The topological polar surface area (TPSA) is 123 Å². The Balaban J connectivity index is 2.23. The third kappa shape index (κ3) is 6.50. The Hall–Kier alpha value is -3.05.